The third kappa shape index (κ3) is 4.22. The van der Waals surface area contributed by atoms with Gasteiger partial charge in [-0.3, -0.25) is 4.79 Å². The molecule has 1 heterocycles. The lowest BCUT2D eigenvalue weighted by Gasteiger charge is -2.07. The number of hydrogen-bond donors (Lipinski definition) is 3. The molecule has 0 spiro atoms. The molecule has 0 aliphatic rings. The van der Waals surface area contributed by atoms with Crippen molar-refractivity contribution < 1.29 is 17.6 Å². The summed E-state index contributed by atoms with van der Waals surface area (Å²) in [5, 5.41) is 5.68. The molecule has 24 heavy (non-hydrogen) atoms. The highest BCUT2D eigenvalue weighted by Crippen LogP contribution is 2.20. The number of nitrogens with one attached hydrogen (secondary N) is 3. The van der Waals surface area contributed by atoms with Crippen molar-refractivity contribution in [3.05, 3.63) is 47.2 Å². The van der Waals surface area contributed by atoms with Crippen LogP contribution >= 0.6 is 0 Å². The number of benzene rings is 1. The Morgan fingerprint density at radius 1 is 1.25 bits per heavy atom. The van der Waals surface area contributed by atoms with Gasteiger partial charge in [0.05, 0.1) is 5.56 Å². The molecule has 0 fully saturated rings. The molecule has 0 bridgehead atoms. The normalized spacial score (nSPS) is 11.5. The molecule has 1 amide bonds. The summed E-state index contributed by atoms with van der Waals surface area (Å²) in [5.41, 5.74) is 1.85. The van der Waals surface area contributed by atoms with Crippen molar-refractivity contribution in [2.24, 2.45) is 0 Å². The van der Waals surface area contributed by atoms with E-state index in [1.807, 2.05) is 25.1 Å². The van der Waals surface area contributed by atoms with E-state index in [0.717, 1.165) is 12.1 Å². The third-order valence-corrected chi connectivity index (χ3v) is 4.71. The van der Waals surface area contributed by atoms with Crippen LogP contribution in [0.1, 0.15) is 28.6 Å². The average molecular weight is 351 g/mol. The summed E-state index contributed by atoms with van der Waals surface area (Å²) < 4.78 is 30.8. The molecule has 1 aromatic heterocycles. The maximum absolute atomic E-state index is 12.4. The molecule has 0 saturated heterocycles. The van der Waals surface area contributed by atoms with Crippen LogP contribution in [0.5, 0.6) is 0 Å². The first kappa shape index (κ1) is 18.2. The van der Waals surface area contributed by atoms with Gasteiger partial charge in [0.15, 0.2) is 0 Å². The number of rotatable bonds is 7. The van der Waals surface area contributed by atoms with Gasteiger partial charge in [0.2, 0.25) is 5.09 Å². The molecule has 0 atom stereocenters. The fourth-order valence-corrected chi connectivity index (χ4v) is 2.85. The van der Waals surface area contributed by atoms with Crippen molar-refractivity contribution >= 4 is 21.6 Å². The number of hydrogen-bond acceptors (Lipinski definition) is 5. The standard InChI is InChI=1S/C16H21N3O4S/c1-4-18-10-12-6-5-7-13(8-12)19-16(20)14-9-15(23-11(14)2)24(21,22)17-3/h5-9,17-18H,4,10H2,1-3H3,(H,19,20). The van der Waals surface area contributed by atoms with Crippen LogP contribution in [-0.4, -0.2) is 27.9 Å². The predicted octanol–water partition coefficient (Wildman–Crippen LogP) is 1.86. The van der Waals surface area contributed by atoms with Crippen molar-refractivity contribution in [2.45, 2.75) is 25.5 Å². The van der Waals surface area contributed by atoms with Gasteiger partial charge in [0.1, 0.15) is 5.76 Å². The smallest absolute Gasteiger partial charge is 0.273 e. The molecule has 130 valence electrons. The number of sulfonamides is 1. The Balaban J connectivity index is 2.19. The van der Waals surface area contributed by atoms with Gasteiger partial charge in [-0.2, -0.15) is 0 Å². The van der Waals surface area contributed by atoms with Crippen LogP contribution in [0.2, 0.25) is 0 Å². The summed E-state index contributed by atoms with van der Waals surface area (Å²) in [6, 6.07) is 8.66. The van der Waals surface area contributed by atoms with Gasteiger partial charge in [0.25, 0.3) is 15.9 Å². The maximum Gasteiger partial charge on any atom is 0.273 e. The van der Waals surface area contributed by atoms with E-state index < -0.39 is 15.9 Å². The van der Waals surface area contributed by atoms with E-state index in [1.165, 1.54) is 13.1 Å². The quantitative estimate of drug-likeness (QED) is 0.707. The summed E-state index contributed by atoms with van der Waals surface area (Å²) in [7, 11) is -2.45. The molecule has 0 radical (unpaired) electrons. The highest BCUT2D eigenvalue weighted by molar-refractivity contribution is 7.89. The SMILES string of the molecule is CCNCc1cccc(NC(=O)c2cc(S(=O)(=O)NC)oc2C)c1. The van der Waals surface area contributed by atoms with E-state index >= 15 is 0 Å². The molecule has 0 aliphatic heterocycles. The zero-order chi connectivity index (χ0) is 17.7. The first-order valence-electron chi connectivity index (χ1n) is 7.52. The van der Waals surface area contributed by atoms with Crippen LogP contribution in [0.25, 0.3) is 0 Å². The van der Waals surface area contributed by atoms with E-state index in [9.17, 15) is 13.2 Å². The number of aryl methyl sites for hydroxylation is 1. The second-order valence-corrected chi connectivity index (χ2v) is 7.00. The Kier molecular flexibility index (Phi) is 5.76. The van der Waals surface area contributed by atoms with Crippen LogP contribution in [0.3, 0.4) is 0 Å². The van der Waals surface area contributed by atoms with Gasteiger partial charge in [-0.05, 0) is 38.2 Å². The van der Waals surface area contributed by atoms with Crippen molar-refractivity contribution in [1.29, 1.82) is 0 Å². The van der Waals surface area contributed by atoms with Gasteiger partial charge < -0.3 is 15.1 Å². The lowest BCUT2D eigenvalue weighted by molar-refractivity contribution is 0.102. The van der Waals surface area contributed by atoms with E-state index in [2.05, 4.69) is 15.4 Å². The predicted molar refractivity (Wildman–Crippen MR) is 91.5 cm³/mol. The lowest BCUT2D eigenvalue weighted by Crippen LogP contribution is -2.18. The van der Waals surface area contributed by atoms with Crippen molar-refractivity contribution in [2.75, 3.05) is 18.9 Å². The van der Waals surface area contributed by atoms with Gasteiger partial charge in [0, 0.05) is 18.3 Å². The second-order valence-electron chi connectivity index (χ2n) is 5.18. The molecular formula is C16H21N3O4S. The number of anilines is 1. The molecule has 3 N–H and O–H groups in total. The van der Waals surface area contributed by atoms with Crippen LogP contribution in [-0.2, 0) is 16.6 Å². The van der Waals surface area contributed by atoms with Crippen molar-refractivity contribution in [3.8, 4) is 0 Å². The van der Waals surface area contributed by atoms with Crippen LogP contribution < -0.4 is 15.4 Å². The molecule has 0 aliphatic carbocycles. The number of furan rings is 1. The average Bonchev–Trinajstić information content (AvgIpc) is 2.96. The minimum absolute atomic E-state index is 0.181. The van der Waals surface area contributed by atoms with Gasteiger partial charge >= 0.3 is 0 Å². The third-order valence-electron chi connectivity index (χ3n) is 3.44. The van der Waals surface area contributed by atoms with E-state index in [1.54, 1.807) is 13.0 Å². The van der Waals surface area contributed by atoms with Gasteiger partial charge in [-0.15, -0.1) is 0 Å². The Labute approximate surface area is 141 Å². The summed E-state index contributed by atoms with van der Waals surface area (Å²) in [5.74, 6) is -0.181. The fraction of sp³-hybridized carbons (Fsp3) is 0.312. The number of carbonyl (C=O) groups is 1. The molecule has 2 aromatic rings. The topological polar surface area (TPSA) is 100 Å². The highest BCUT2D eigenvalue weighted by atomic mass is 32.2. The number of carbonyl (C=O) groups excluding carboxylic acids is 1. The van der Waals surface area contributed by atoms with Crippen molar-refractivity contribution in [1.82, 2.24) is 10.0 Å². The summed E-state index contributed by atoms with van der Waals surface area (Å²) in [6.45, 7) is 5.12. The zero-order valence-electron chi connectivity index (χ0n) is 13.8. The largest absolute Gasteiger partial charge is 0.448 e. The van der Waals surface area contributed by atoms with E-state index in [4.69, 9.17) is 4.42 Å². The monoisotopic (exact) mass is 351 g/mol. The van der Waals surface area contributed by atoms with E-state index in [-0.39, 0.29) is 16.4 Å². The molecule has 0 saturated carbocycles. The molecule has 8 heteroatoms. The van der Waals surface area contributed by atoms with Crippen LogP contribution in [0, 0.1) is 6.92 Å². The Hall–Kier alpha value is -2.16. The summed E-state index contributed by atoms with van der Waals surface area (Å²) >= 11 is 0. The Morgan fingerprint density at radius 3 is 2.67 bits per heavy atom. The summed E-state index contributed by atoms with van der Waals surface area (Å²) in [4.78, 5) is 12.4. The first-order valence-corrected chi connectivity index (χ1v) is 9.00. The minimum Gasteiger partial charge on any atom is -0.448 e. The summed E-state index contributed by atoms with van der Waals surface area (Å²) in [6.07, 6.45) is 0. The Bertz CT molecular complexity index is 828. The number of amides is 1. The molecule has 2 rings (SSSR count). The van der Waals surface area contributed by atoms with Gasteiger partial charge in [-0.25, -0.2) is 13.1 Å². The van der Waals surface area contributed by atoms with Gasteiger partial charge in [-0.1, -0.05) is 19.1 Å². The highest BCUT2D eigenvalue weighted by Gasteiger charge is 2.22. The second kappa shape index (κ2) is 7.61. The maximum atomic E-state index is 12.4. The molecule has 0 unspecified atom stereocenters. The minimum atomic E-state index is -3.73. The fourth-order valence-electron chi connectivity index (χ4n) is 2.14. The lowest BCUT2D eigenvalue weighted by atomic mass is 10.2. The molecule has 7 nitrogen and oxygen atoms in total. The first-order chi connectivity index (χ1) is 11.4. The van der Waals surface area contributed by atoms with Crippen LogP contribution in [0.15, 0.2) is 39.8 Å². The zero-order valence-corrected chi connectivity index (χ0v) is 14.7. The van der Waals surface area contributed by atoms with Crippen LogP contribution in [0.4, 0.5) is 5.69 Å². The van der Waals surface area contributed by atoms with E-state index in [0.29, 0.717) is 12.2 Å². The Morgan fingerprint density at radius 2 is 2.00 bits per heavy atom. The molecular weight excluding hydrogens is 330 g/mol. The molecule has 1 aromatic carbocycles. The van der Waals surface area contributed by atoms with Crippen molar-refractivity contribution in [3.63, 3.8) is 0 Å².